The van der Waals surface area contributed by atoms with Crippen LogP contribution in [0, 0.1) is 0 Å². The first-order valence-corrected chi connectivity index (χ1v) is 6.68. The fourth-order valence-electron chi connectivity index (χ4n) is 1.40. The second-order valence-corrected chi connectivity index (χ2v) is 4.72. The molecule has 0 atom stereocenters. The number of nitrogens with two attached hydrogens (primary N) is 1. The summed E-state index contributed by atoms with van der Waals surface area (Å²) in [5.41, 5.74) is 8.24. The van der Waals surface area contributed by atoms with Crippen LogP contribution in [0.2, 0.25) is 0 Å². The Bertz CT molecular complexity index is 332. The molecular formula is C12H20N2S. The molecule has 0 radical (unpaired) electrons. The van der Waals surface area contributed by atoms with Crippen molar-refractivity contribution in [3.05, 3.63) is 18.0 Å². The molecule has 1 saturated carbocycles. The van der Waals surface area contributed by atoms with E-state index in [1.807, 2.05) is 32.4 Å². The third kappa shape index (κ3) is 2.65. The molecule has 0 bridgehead atoms. The number of pyridine rings is 1. The van der Waals surface area contributed by atoms with Crippen LogP contribution in [-0.2, 0) is 5.41 Å². The highest BCUT2D eigenvalue weighted by atomic mass is 32.2. The average molecular weight is 224 g/mol. The highest BCUT2D eigenvalue weighted by Gasteiger charge is 2.40. The van der Waals surface area contributed by atoms with E-state index in [0.717, 1.165) is 16.3 Å². The minimum Gasteiger partial charge on any atom is -0.398 e. The van der Waals surface area contributed by atoms with Gasteiger partial charge in [0.05, 0.1) is 0 Å². The molecular weight excluding hydrogens is 204 g/mol. The van der Waals surface area contributed by atoms with Gasteiger partial charge in [-0.25, -0.2) is 0 Å². The van der Waals surface area contributed by atoms with Crippen LogP contribution in [0.3, 0.4) is 0 Å². The lowest BCUT2D eigenvalue weighted by Crippen LogP contribution is -2.04. The van der Waals surface area contributed by atoms with Crippen LogP contribution in [0.4, 0.5) is 5.69 Å². The Morgan fingerprint density at radius 2 is 2.00 bits per heavy atom. The number of anilines is 1. The average Bonchev–Trinajstić information content (AvgIpc) is 3.01. The van der Waals surface area contributed by atoms with Gasteiger partial charge in [-0.3, -0.25) is 4.98 Å². The Morgan fingerprint density at radius 3 is 2.40 bits per heavy atom. The molecule has 2 nitrogen and oxygen atoms in total. The number of hydrogen-bond acceptors (Lipinski definition) is 3. The van der Waals surface area contributed by atoms with Crippen molar-refractivity contribution in [3.63, 3.8) is 0 Å². The number of hydrogen-bond donors (Lipinski definition) is 1. The zero-order valence-electron chi connectivity index (χ0n) is 10.0. The van der Waals surface area contributed by atoms with Crippen molar-refractivity contribution in [2.24, 2.45) is 0 Å². The lowest BCUT2D eigenvalue weighted by atomic mass is 10.0. The standard InChI is InChI=1S/C10H14N2S.C2H6/c1-10(3-4-10)9-5-7(11)8(13-2)6-12-9;1-2/h5-6H,3-4H2,1-2H3,(H2,11,12);1-2H3. The van der Waals surface area contributed by atoms with Gasteiger partial charge in [-0.05, 0) is 25.2 Å². The fraction of sp³-hybridized carbons (Fsp3) is 0.583. The summed E-state index contributed by atoms with van der Waals surface area (Å²) in [6.45, 7) is 6.24. The van der Waals surface area contributed by atoms with E-state index in [4.69, 9.17) is 5.73 Å². The van der Waals surface area contributed by atoms with Crippen molar-refractivity contribution >= 4 is 17.4 Å². The summed E-state index contributed by atoms with van der Waals surface area (Å²) in [6, 6.07) is 2.03. The van der Waals surface area contributed by atoms with E-state index >= 15 is 0 Å². The Kier molecular flexibility index (Phi) is 4.03. The van der Waals surface area contributed by atoms with Gasteiger partial charge in [0.2, 0.25) is 0 Å². The lowest BCUT2D eigenvalue weighted by molar-refractivity contribution is 0.748. The van der Waals surface area contributed by atoms with Crippen molar-refractivity contribution in [3.8, 4) is 0 Å². The molecule has 0 aliphatic heterocycles. The maximum atomic E-state index is 5.90. The topological polar surface area (TPSA) is 38.9 Å². The zero-order chi connectivity index (χ0) is 11.5. The van der Waals surface area contributed by atoms with Crippen molar-refractivity contribution in [1.82, 2.24) is 4.98 Å². The summed E-state index contributed by atoms with van der Waals surface area (Å²) in [6.07, 6.45) is 6.40. The first-order valence-electron chi connectivity index (χ1n) is 5.46. The SMILES string of the molecule is CC.CSc1cnc(C2(C)CC2)cc1N. The van der Waals surface area contributed by atoms with E-state index in [0.29, 0.717) is 5.41 Å². The molecule has 1 aliphatic rings. The molecule has 3 heteroatoms. The maximum Gasteiger partial charge on any atom is 0.0486 e. The molecule has 0 unspecified atom stereocenters. The Morgan fingerprint density at radius 1 is 1.40 bits per heavy atom. The van der Waals surface area contributed by atoms with Crippen LogP contribution >= 0.6 is 11.8 Å². The fourth-order valence-corrected chi connectivity index (χ4v) is 1.86. The van der Waals surface area contributed by atoms with Gasteiger partial charge in [0.15, 0.2) is 0 Å². The number of aromatic nitrogens is 1. The van der Waals surface area contributed by atoms with Crippen molar-refractivity contribution < 1.29 is 0 Å². The molecule has 0 aromatic carbocycles. The van der Waals surface area contributed by atoms with Gasteiger partial charge in [0, 0.05) is 27.9 Å². The first-order chi connectivity index (χ1) is 7.15. The summed E-state index contributed by atoms with van der Waals surface area (Å²) < 4.78 is 0. The van der Waals surface area contributed by atoms with Crippen LogP contribution < -0.4 is 5.73 Å². The van der Waals surface area contributed by atoms with Crippen molar-refractivity contribution in [1.29, 1.82) is 0 Å². The van der Waals surface area contributed by atoms with Crippen LogP contribution in [-0.4, -0.2) is 11.2 Å². The van der Waals surface area contributed by atoms with E-state index < -0.39 is 0 Å². The van der Waals surface area contributed by atoms with Gasteiger partial charge in [0.1, 0.15) is 0 Å². The molecule has 0 saturated heterocycles. The van der Waals surface area contributed by atoms with Crippen LogP contribution in [0.1, 0.15) is 39.3 Å². The normalized spacial score (nSPS) is 16.5. The lowest BCUT2D eigenvalue weighted by Gasteiger charge is -2.09. The van der Waals surface area contributed by atoms with Crippen molar-refractivity contribution in [2.75, 3.05) is 12.0 Å². The predicted molar refractivity (Wildman–Crippen MR) is 68.4 cm³/mol. The molecule has 2 rings (SSSR count). The quantitative estimate of drug-likeness (QED) is 0.782. The molecule has 15 heavy (non-hydrogen) atoms. The number of rotatable bonds is 2. The molecule has 1 aromatic heterocycles. The highest BCUT2D eigenvalue weighted by Crippen LogP contribution is 2.47. The van der Waals surface area contributed by atoms with E-state index in [-0.39, 0.29) is 0 Å². The molecule has 1 aromatic rings. The number of nitrogen functional groups attached to an aromatic ring is 1. The molecule has 0 amide bonds. The smallest absolute Gasteiger partial charge is 0.0486 e. The second kappa shape index (κ2) is 4.88. The Hall–Kier alpha value is -0.700. The molecule has 1 heterocycles. The summed E-state index contributed by atoms with van der Waals surface area (Å²) in [5.74, 6) is 0. The Balaban J connectivity index is 0.000000531. The van der Waals surface area contributed by atoms with Gasteiger partial charge >= 0.3 is 0 Å². The number of thioether (sulfide) groups is 1. The molecule has 84 valence electrons. The predicted octanol–water partition coefficient (Wildman–Crippen LogP) is 3.46. The van der Waals surface area contributed by atoms with Crippen LogP contribution in [0.25, 0.3) is 0 Å². The molecule has 1 aliphatic carbocycles. The summed E-state index contributed by atoms with van der Waals surface area (Å²) >= 11 is 1.65. The largest absolute Gasteiger partial charge is 0.398 e. The summed E-state index contributed by atoms with van der Waals surface area (Å²) in [4.78, 5) is 5.52. The van der Waals surface area contributed by atoms with E-state index in [1.165, 1.54) is 12.8 Å². The highest BCUT2D eigenvalue weighted by molar-refractivity contribution is 7.98. The number of nitrogens with zero attached hydrogens (tertiary/aromatic N) is 1. The monoisotopic (exact) mass is 224 g/mol. The molecule has 1 fully saturated rings. The minimum atomic E-state index is 0.324. The van der Waals surface area contributed by atoms with Crippen LogP contribution in [0.5, 0.6) is 0 Å². The van der Waals surface area contributed by atoms with E-state index in [1.54, 1.807) is 11.8 Å². The van der Waals surface area contributed by atoms with Gasteiger partial charge in [-0.15, -0.1) is 11.8 Å². The maximum absolute atomic E-state index is 5.90. The third-order valence-electron chi connectivity index (χ3n) is 2.74. The minimum absolute atomic E-state index is 0.324. The van der Waals surface area contributed by atoms with E-state index in [9.17, 15) is 0 Å². The van der Waals surface area contributed by atoms with E-state index in [2.05, 4.69) is 11.9 Å². The zero-order valence-corrected chi connectivity index (χ0v) is 10.8. The molecule has 0 spiro atoms. The summed E-state index contributed by atoms with van der Waals surface area (Å²) in [7, 11) is 0. The first kappa shape index (κ1) is 12.4. The second-order valence-electron chi connectivity index (χ2n) is 3.87. The van der Waals surface area contributed by atoms with Crippen molar-refractivity contribution in [2.45, 2.75) is 43.9 Å². The summed E-state index contributed by atoms with van der Waals surface area (Å²) in [5, 5.41) is 0. The van der Waals surface area contributed by atoms with Gasteiger partial charge < -0.3 is 5.73 Å². The molecule has 2 N–H and O–H groups in total. The van der Waals surface area contributed by atoms with Gasteiger partial charge in [-0.2, -0.15) is 0 Å². The van der Waals surface area contributed by atoms with Gasteiger partial charge in [-0.1, -0.05) is 20.8 Å². The van der Waals surface area contributed by atoms with Crippen LogP contribution in [0.15, 0.2) is 17.2 Å². The Labute approximate surface area is 96.7 Å². The van der Waals surface area contributed by atoms with Gasteiger partial charge in [0.25, 0.3) is 0 Å². The third-order valence-corrected chi connectivity index (χ3v) is 3.52.